The van der Waals surface area contributed by atoms with Gasteiger partial charge in [-0.1, -0.05) is 20.8 Å². The first kappa shape index (κ1) is 19.9. The minimum atomic E-state index is -0.783. The summed E-state index contributed by atoms with van der Waals surface area (Å²) in [5.74, 6) is -0.928. The number of carbonyl (C=O) groups excluding carboxylic acids is 2. The predicted octanol–water partition coefficient (Wildman–Crippen LogP) is 2.81. The highest BCUT2D eigenvalue weighted by atomic mass is 19.1. The molecule has 142 valence electrons. The fourth-order valence-electron chi connectivity index (χ4n) is 2.95. The topological polar surface area (TPSA) is 90.0 Å². The molecule has 0 saturated heterocycles. The summed E-state index contributed by atoms with van der Waals surface area (Å²) in [5.41, 5.74) is 6.12. The monoisotopic (exact) mass is 362 g/mol. The van der Waals surface area contributed by atoms with Gasteiger partial charge in [0.2, 0.25) is 5.91 Å². The Morgan fingerprint density at radius 3 is 2.65 bits per heavy atom. The van der Waals surface area contributed by atoms with Crippen LogP contribution in [0.5, 0.6) is 0 Å². The standard InChI is InChI=1S/C19H27FN4O2/c1-19(2,3)15(16(21)25)23-18(26)14-12-24(11-6-4-5-9-20)17-13(14)8-7-10-22-17/h7-8,10,12,15H,4-6,9,11H2,1-3H3,(H2,21,25)(H,23,26). The molecule has 0 aliphatic rings. The summed E-state index contributed by atoms with van der Waals surface area (Å²) in [6.07, 6.45) is 5.52. The lowest BCUT2D eigenvalue weighted by Crippen LogP contribution is -2.52. The largest absolute Gasteiger partial charge is 0.368 e. The normalized spacial score (nSPS) is 12.9. The highest BCUT2D eigenvalue weighted by molar-refractivity contribution is 6.07. The SMILES string of the molecule is CC(C)(C)C(NC(=O)c1cn(CCCCCF)c2ncccc12)C(N)=O. The van der Waals surface area contributed by atoms with Crippen molar-refractivity contribution in [1.29, 1.82) is 0 Å². The van der Waals surface area contributed by atoms with E-state index in [4.69, 9.17) is 5.73 Å². The Labute approximate surface area is 153 Å². The number of hydrogen-bond donors (Lipinski definition) is 2. The van der Waals surface area contributed by atoms with Crippen LogP contribution in [0, 0.1) is 5.41 Å². The lowest BCUT2D eigenvalue weighted by molar-refractivity contribution is -0.122. The zero-order valence-electron chi connectivity index (χ0n) is 15.6. The molecule has 0 aliphatic carbocycles. The Morgan fingerprint density at radius 2 is 2.04 bits per heavy atom. The number of nitrogens with zero attached hydrogens (tertiary/aromatic N) is 2. The van der Waals surface area contributed by atoms with Gasteiger partial charge in [-0.05, 0) is 36.8 Å². The third kappa shape index (κ3) is 4.59. The van der Waals surface area contributed by atoms with E-state index in [1.54, 1.807) is 18.5 Å². The van der Waals surface area contributed by atoms with Crippen LogP contribution < -0.4 is 11.1 Å². The number of pyridine rings is 1. The molecular formula is C19H27FN4O2. The molecule has 2 aromatic heterocycles. The summed E-state index contributed by atoms with van der Waals surface area (Å²) < 4.78 is 14.2. The number of nitrogens with two attached hydrogens (primary N) is 1. The number of carbonyl (C=O) groups is 2. The quantitative estimate of drug-likeness (QED) is 0.708. The van der Waals surface area contributed by atoms with Crippen LogP contribution in [0.25, 0.3) is 11.0 Å². The number of primary amides is 1. The number of amides is 2. The van der Waals surface area contributed by atoms with Gasteiger partial charge in [-0.3, -0.25) is 14.0 Å². The number of rotatable bonds is 8. The second-order valence-electron chi connectivity index (χ2n) is 7.54. The van der Waals surface area contributed by atoms with Crippen LogP contribution in [0.1, 0.15) is 50.4 Å². The lowest BCUT2D eigenvalue weighted by atomic mass is 9.86. The van der Waals surface area contributed by atoms with E-state index in [0.717, 1.165) is 12.8 Å². The van der Waals surface area contributed by atoms with Crippen LogP contribution in [0.4, 0.5) is 4.39 Å². The van der Waals surface area contributed by atoms with Gasteiger partial charge in [0.05, 0.1) is 12.2 Å². The minimum Gasteiger partial charge on any atom is -0.368 e. The summed E-state index contributed by atoms with van der Waals surface area (Å²) in [4.78, 5) is 28.9. The van der Waals surface area contributed by atoms with Crippen molar-refractivity contribution in [1.82, 2.24) is 14.9 Å². The summed E-state index contributed by atoms with van der Waals surface area (Å²) >= 11 is 0. The summed E-state index contributed by atoms with van der Waals surface area (Å²) in [5, 5.41) is 3.47. The van der Waals surface area contributed by atoms with E-state index in [0.29, 0.717) is 29.6 Å². The van der Waals surface area contributed by atoms with E-state index in [2.05, 4.69) is 10.3 Å². The first-order valence-electron chi connectivity index (χ1n) is 8.85. The summed E-state index contributed by atoms with van der Waals surface area (Å²) in [7, 11) is 0. The number of halogens is 1. The molecule has 26 heavy (non-hydrogen) atoms. The molecular weight excluding hydrogens is 335 g/mol. The van der Waals surface area contributed by atoms with Gasteiger partial charge in [-0.15, -0.1) is 0 Å². The Hall–Kier alpha value is -2.44. The van der Waals surface area contributed by atoms with E-state index < -0.39 is 17.4 Å². The third-order valence-corrected chi connectivity index (χ3v) is 4.34. The molecule has 7 heteroatoms. The molecule has 2 rings (SSSR count). The summed E-state index contributed by atoms with van der Waals surface area (Å²) in [6.45, 7) is 5.87. The lowest BCUT2D eigenvalue weighted by Gasteiger charge is -2.28. The Balaban J connectivity index is 2.28. The second-order valence-corrected chi connectivity index (χ2v) is 7.54. The highest BCUT2D eigenvalue weighted by Crippen LogP contribution is 2.23. The molecule has 2 aromatic rings. The van der Waals surface area contributed by atoms with Crippen molar-refractivity contribution >= 4 is 22.8 Å². The minimum absolute atomic E-state index is 0.320. The molecule has 1 unspecified atom stereocenters. The Morgan fingerprint density at radius 1 is 1.31 bits per heavy atom. The van der Waals surface area contributed by atoms with Crippen LogP contribution in [0.2, 0.25) is 0 Å². The number of alkyl halides is 1. The van der Waals surface area contributed by atoms with Crippen molar-refractivity contribution in [3.8, 4) is 0 Å². The van der Waals surface area contributed by atoms with E-state index in [1.165, 1.54) is 0 Å². The Kier molecular flexibility index (Phi) is 6.34. The molecule has 0 aromatic carbocycles. The first-order chi connectivity index (χ1) is 12.3. The van der Waals surface area contributed by atoms with Crippen LogP contribution in [-0.4, -0.2) is 34.1 Å². The molecule has 0 bridgehead atoms. The van der Waals surface area contributed by atoms with E-state index in [1.807, 2.05) is 31.4 Å². The van der Waals surface area contributed by atoms with Gasteiger partial charge in [-0.25, -0.2) is 4.98 Å². The molecule has 2 amide bonds. The van der Waals surface area contributed by atoms with Gasteiger partial charge in [0, 0.05) is 24.3 Å². The number of fused-ring (bicyclic) bond motifs is 1. The van der Waals surface area contributed by atoms with Crippen LogP contribution >= 0.6 is 0 Å². The van der Waals surface area contributed by atoms with E-state index in [-0.39, 0.29) is 12.6 Å². The number of hydrogen-bond acceptors (Lipinski definition) is 3. The van der Waals surface area contributed by atoms with Gasteiger partial charge in [-0.2, -0.15) is 0 Å². The van der Waals surface area contributed by atoms with Crippen molar-refractivity contribution < 1.29 is 14.0 Å². The van der Waals surface area contributed by atoms with Gasteiger partial charge >= 0.3 is 0 Å². The molecule has 1 atom stereocenters. The maximum absolute atomic E-state index is 12.8. The van der Waals surface area contributed by atoms with Crippen molar-refractivity contribution in [2.75, 3.05) is 6.67 Å². The van der Waals surface area contributed by atoms with Crippen LogP contribution in [0.3, 0.4) is 0 Å². The number of aryl methyl sites for hydroxylation is 1. The van der Waals surface area contributed by atoms with E-state index >= 15 is 0 Å². The Bertz CT molecular complexity index is 779. The van der Waals surface area contributed by atoms with E-state index in [9.17, 15) is 14.0 Å². The molecule has 0 radical (unpaired) electrons. The van der Waals surface area contributed by atoms with Crippen molar-refractivity contribution in [3.63, 3.8) is 0 Å². The maximum Gasteiger partial charge on any atom is 0.254 e. The van der Waals surface area contributed by atoms with Gasteiger partial charge in [0.1, 0.15) is 11.7 Å². The average molecular weight is 362 g/mol. The predicted molar refractivity (Wildman–Crippen MR) is 99.5 cm³/mol. The third-order valence-electron chi connectivity index (χ3n) is 4.34. The van der Waals surface area contributed by atoms with Gasteiger partial charge in [0.25, 0.3) is 5.91 Å². The zero-order chi connectivity index (χ0) is 19.3. The molecule has 0 aliphatic heterocycles. The fourth-order valence-corrected chi connectivity index (χ4v) is 2.95. The van der Waals surface area contributed by atoms with Crippen molar-refractivity contribution in [3.05, 3.63) is 30.1 Å². The molecule has 2 heterocycles. The fraction of sp³-hybridized carbons (Fsp3) is 0.526. The van der Waals surface area contributed by atoms with Crippen LogP contribution in [0.15, 0.2) is 24.5 Å². The molecule has 6 nitrogen and oxygen atoms in total. The van der Waals surface area contributed by atoms with Gasteiger partial charge < -0.3 is 15.6 Å². The van der Waals surface area contributed by atoms with Crippen molar-refractivity contribution in [2.45, 2.75) is 52.6 Å². The molecule has 3 N–H and O–H groups in total. The van der Waals surface area contributed by atoms with Crippen LogP contribution in [-0.2, 0) is 11.3 Å². The highest BCUT2D eigenvalue weighted by Gasteiger charge is 2.32. The smallest absolute Gasteiger partial charge is 0.254 e. The number of aromatic nitrogens is 2. The zero-order valence-corrected chi connectivity index (χ0v) is 15.6. The molecule has 0 saturated carbocycles. The second kappa shape index (κ2) is 8.29. The summed E-state index contributed by atoms with van der Waals surface area (Å²) in [6, 6.07) is 2.81. The number of nitrogens with one attached hydrogen (secondary N) is 1. The van der Waals surface area contributed by atoms with Gasteiger partial charge in [0.15, 0.2) is 0 Å². The maximum atomic E-state index is 12.8. The first-order valence-corrected chi connectivity index (χ1v) is 8.85. The molecule has 0 spiro atoms. The number of unbranched alkanes of at least 4 members (excludes halogenated alkanes) is 2. The van der Waals surface area contributed by atoms with Crippen molar-refractivity contribution in [2.24, 2.45) is 11.1 Å². The average Bonchev–Trinajstić information content (AvgIpc) is 2.94. The molecule has 0 fully saturated rings.